The predicted molar refractivity (Wildman–Crippen MR) is 58.1 cm³/mol. The van der Waals surface area contributed by atoms with E-state index >= 15 is 0 Å². The summed E-state index contributed by atoms with van der Waals surface area (Å²) >= 11 is 0. The van der Waals surface area contributed by atoms with Crippen LogP contribution in [0.4, 0.5) is 22.0 Å². The summed E-state index contributed by atoms with van der Waals surface area (Å²) in [4.78, 5) is 0. The van der Waals surface area contributed by atoms with Crippen LogP contribution in [0.2, 0.25) is 0 Å². The monoisotopic (exact) mass is 267 g/mol. The molecule has 0 spiro atoms. The average molecular weight is 267 g/mol. The van der Waals surface area contributed by atoms with Gasteiger partial charge in [0.05, 0.1) is 0 Å². The number of hydrogen-bond acceptors (Lipinski definition) is 1. The van der Waals surface area contributed by atoms with Crippen LogP contribution < -0.4 is 5.32 Å². The number of alkyl halides is 3. The van der Waals surface area contributed by atoms with Crippen LogP contribution in [0, 0.1) is 11.6 Å². The molecule has 1 atom stereocenters. The lowest BCUT2D eigenvalue weighted by Crippen LogP contribution is -2.19. The molecule has 0 aliphatic carbocycles. The van der Waals surface area contributed by atoms with Crippen LogP contribution in [0.15, 0.2) is 18.2 Å². The first-order chi connectivity index (χ1) is 8.35. The molecule has 0 aliphatic rings. The van der Waals surface area contributed by atoms with E-state index in [1.54, 1.807) is 0 Å². The molecule has 0 bridgehead atoms. The standard InChI is InChI=1S/C12H14F5N/c1-18-10(6-3-7-12(15,16)17)8-4-2-5-9(13)11(8)14/h2,4-5,10,18H,3,6-7H2,1H3. The van der Waals surface area contributed by atoms with E-state index in [4.69, 9.17) is 0 Å². The minimum atomic E-state index is -4.22. The molecule has 0 fully saturated rings. The summed E-state index contributed by atoms with van der Waals surface area (Å²) in [7, 11) is 1.50. The van der Waals surface area contributed by atoms with Gasteiger partial charge in [-0.1, -0.05) is 12.1 Å². The molecule has 0 saturated carbocycles. The maximum atomic E-state index is 13.5. The molecule has 0 aliphatic heterocycles. The van der Waals surface area contributed by atoms with E-state index in [0.717, 1.165) is 6.07 Å². The minimum Gasteiger partial charge on any atom is -0.313 e. The zero-order chi connectivity index (χ0) is 13.8. The van der Waals surface area contributed by atoms with E-state index in [9.17, 15) is 22.0 Å². The number of benzene rings is 1. The summed E-state index contributed by atoms with van der Waals surface area (Å²) in [6, 6.07) is 3.05. The van der Waals surface area contributed by atoms with Gasteiger partial charge in [-0.15, -0.1) is 0 Å². The molecule has 0 aromatic heterocycles. The van der Waals surface area contributed by atoms with E-state index in [1.165, 1.54) is 19.2 Å². The number of nitrogens with one attached hydrogen (secondary N) is 1. The van der Waals surface area contributed by atoms with Crippen molar-refractivity contribution in [1.82, 2.24) is 5.32 Å². The van der Waals surface area contributed by atoms with Gasteiger partial charge < -0.3 is 5.32 Å². The topological polar surface area (TPSA) is 12.0 Å². The fraction of sp³-hybridized carbons (Fsp3) is 0.500. The van der Waals surface area contributed by atoms with Crippen LogP contribution in [-0.2, 0) is 0 Å². The summed E-state index contributed by atoms with van der Waals surface area (Å²) in [5.74, 6) is -2.01. The van der Waals surface area contributed by atoms with Gasteiger partial charge in [0.1, 0.15) is 0 Å². The second-order valence-electron chi connectivity index (χ2n) is 3.99. The summed E-state index contributed by atoms with van der Waals surface area (Å²) < 4.78 is 62.5. The maximum Gasteiger partial charge on any atom is 0.389 e. The Kier molecular flexibility index (Phi) is 5.07. The highest BCUT2D eigenvalue weighted by atomic mass is 19.4. The Hall–Kier alpha value is -1.17. The summed E-state index contributed by atoms with van der Waals surface area (Å²) in [6.45, 7) is 0. The normalized spacial score (nSPS) is 13.7. The van der Waals surface area contributed by atoms with Crippen molar-refractivity contribution in [3.63, 3.8) is 0 Å². The molecular weight excluding hydrogens is 253 g/mol. The Bertz CT molecular complexity index is 389. The summed E-state index contributed by atoms with van der Waals surface area (Å²) in [5.41, 5.74) is 0.0553. The van der Waals surface area contributed by atoms with Crippen LogP contribution in [0.3, 0.4) is 0 Å². The van der Waals surface area contributed by atoms with E-state index in [-0.39, 0.29) is 18.4 Å². The van der Waals surface area contributed by atoms with Gasteiger partial charge in [-0.2, -0.15) is 13.2 Å². The van der Waals surface area contributed by atoms with Gasteiger partial charge in [-0.05, 0) is 26.0 Å². The van der Waals surface area contributed by atoms with Crippen molar-refractivity contribution in [2.75, 3.05) is 7.05 Å². The zero-order valence-corrected chi connectivity index (χ0v) is 9.82. The molecule has 102 valence electrons. The number of halogens is 5. The Morgan fingerprint density at radius 3 is 2.44 bits per heavy atom. The second kappa shape index (κ2) is 6.13. The van der Waals surface area contributed by atoms with Gasteiger partial charge in [0.25, 0.3) is 0 Å². The number of hydrogen-bond donors (Lipinski definition) is 1. The fourth-order valence-electron chi connectivity index (χ4n) is 1.75. The van der Waals surface area contributed by atoms with Gasteiger partial charge in [-0.25, -0.2) is 8.78 Å². The van der Waals surface area contributed by atoms with Crippen molar-refractivity contribution in [2.45, 2.75) is 31.5 Å². The molecule has 0 amide bonds. The SMILES string of the molecule is CNC(CCCC(F)(F)F)c1cccc(F)c1F. The minimum absolute atomic E-state index is 0.0553. The van der Waals surface area contributed by atoms with E-state index in [2.05, 4.69) is 5.32 Å². The van der Waals surface area contributed by atoms with Crippen LogP contribution >= 0.6 is 0 Å². The molecule has 1 aromatic carbocycles. The third-order valence-corrected chi connectivity index (χ3v) is 2.66. The Morgan fingerprint density at radius 1 is 1.22 bits per heavy atom. The first kappa shape index (κ1) is 14.9. The summed E-state index contributed by atoms with van der Waals surface area (Å²) in [6.07, 6.45) is -5.19. The van der Waals surface area contributed by atoms with Gasteiger partial charge in [0.2, 0.25) is 0 Å². The molecule has 1 N–H and O–H groups in total. The molecule has 1 aromatic rings. The highest BCUT2D eigenvalue weighted by Crippen LogP contribution is 2.27. The van der Waals surface area contributed by atoms with Crippen molar-refractivity contribution in [2.24, 2.45) is 0 Å². The molecule has 0 saturated heterocycles. The molecule has 6 heteroatoms. The Morgan fingerprint density at radius 2 is 1.89 bits per heavy atom. The predicted octanol–water partition coefficient (Wildman–Crippen LogP) is 3.96. The van der Waals surface area contributed by atoms with Crippen LogP contribution in [0.5, 0.6) is 0 Å². The van der Waals surface area contributed by atoms with Crippen molar-refractivity contribution in [3.8, 4) is 0 Å². The van der Waals surface area contributed by atoms with E-state index < -0.39 is 30.3 Å². The van der Waals surface area contributed by atoms with Crippen molar-refractivity contribution < 1.29 is 22.0 Å². The fourth-order valence-corrected chi connectivity index (χ4v) is 1.75. The van der Waals surface area contributed by atoms with Crippen LogP contribution in [-0.4, -0.2) is 13.2 Å². The van der Waals surface area contributed by atoms with Gasteiger partial charge in [-0.3, -0.25) is 0 Å². The van der Waals surface area contributed by atoms with Crippen molar-refractivity contribution in [3.05, 3.63) is 35.4 Å². The smallest absolute Gasteiger partial charge is 0.313 e. The molecule has 18 heavy (non-hydrogen) atoms. The molecule has 1 unspecified atom stereocenters. The van der Waals surface area contributed by atoms with Crippen molar-refractivity contribution >= 4 is 0 Å². The van der Waals surface area contributed by atoms with Gasteiger partial charge >= 0.3 is 6.18 Å². The highest BCUT2D eigenvalue weighted by Gasteiger charge is 2.27. The first-order valence-electron chi connectivity index (χ1n) is 5.53. The van der Waals surface area contributed by atoms with Crippen LogP contribution in [0.1, 0.15) is 30.9 Å². The highest BCUT2D eigenvalue weighted by molar-refractivity contribution is 5.22. The Labute approximate surface area is 102 Å². The average Bonchev–Trinajstić information content (AvgIpc) is 2.27. The third kappa shape index (κ3) is 4.25. The van der Waals surface area contributed by atoms with E-state index in [1.807, 2.05) is 0 Å². The van der Waals surface area contributed by atoms with E-state index in [0.29, 0.717) is 0 Å². The molecule has 1 rings (SSSR count). The maximum absolute atomic E-state index is 13.5. The largest absolute Gasteiger partial charge is 0.389 e. The quantitative estimate of drug-likeness (QED) is 0.796. The molecule has 0 radical (unpaired) electrons. The lowest BCUT2D eigenvalue weighted by molar-refractivity contribution is -0.135. The first-order valence-corrected chi connectivity index (χ1v) is 5.53. The van der Waals surface area contributed by atoms with Crippen LogP contribution in [0.25, 0.3) is 0 Å². The molecule has 1 nitrogen and oxygen atoms in total. The number of rotatable bonds is 5. The van der Waals surface area contributed by atoms with Gasteiger partial charge in [0.15, 0.2) is 11.6 Å². The third-order valence-electron chi connectivity index (χ3n) is 2.66. The Balaban J connectivity index is 2.69. The second-order valence-corrected chi connectivity index (χ2v) is 3.99. The summed E-state index contributed by atoms with van der Waals surface area (Å²) in [5, 5.41) is 2.70. The molecule has 0 heterocycles. The molecular formula is C12H14F5N. The lowest BCUT2D eigenvalue weighted by atomic mass is 10.0. The lowest BCUT2D eigenvalue weighted by Gasteiger charge is -2.18. The van der Waals surface area contributed by atoms with Gasteiger partial charge in [0, 0.05) is 18.0 Å². The van der Waals surface area contributed by atoms with Crippen molar-refractivity contribution in [1.29, 1.82) is 0 Å². The zero-order valence-electron chi connectivity index (χ0n) is 9.82.